The lowest BCUT2D eigenvalue weighted by Gasteiger charge is -2.25. The lowest BCUT2D eigenvalue weighted by molar-refractivity contribution is 0.637. The Morgan fingerprint density at radius 2 is 2.16 bits per heavy atom. The van der Waals surface area contributed by atoms with Crippen molar-refractivity contribution in [3.63, 3.8) is 0 Å². The van der Waals surface area contributed by atoms with Crippen molar-refractivity contribution in [1.82, 2.24) is 0 Å². The van der Waals surface area contributed by atoms with Crippen LogP contribution in [-0.2, 0) is 0 Å². The van der Waals surface area contributed by atoms with Crippen molar-refractivity contribution in [3.8, 4) is 0 Å². The highest BCUT2D eigenvalue weighted by molar-refractivity contribution is 9.10. The smallest absolute Gasteiger partial charge is 0.104 e. The van der Waals surface area contributed by atoms with E-state index in [1.807, 2.05) is 12.1 Å². The largest absolute Gasteiger partial charge is 0.389 e. The zero-order chi connectivity index (χ0) is 14.0. The third kappa shape index (κ3) is 3.86. The van der Waals surface area contributed by atoms with Gasteiger partial charge in [-0.15, -0.1) is 0 Å². The predicted molar refractivity (Wildman–Crippen MR) is 93.4 cm³/mol. The maximum atomic E-state index is 5.67. The lowest BCUT2D eigenvalue weighted by Crippen LogP contribution is -2.27. The molecule has 1 aromatic carbocycles. The number of rotatable bonds is 2. The van der Waals surface area contributed by atoms with Crippen molar-refractivity contribution in [1.29, 1.82) is 0 Å². The van der Waals surface area contributed by atoms with E-state index in [1.54, 1.807) is 0 Å². The summed E-state index contributed by atoms with van der Waals surface area (Å²) in [6.07, 6.45) is 1.20. The monoisotopic (exact) mass is 358 g/mol. The molecule has 2 N–H and O–H groups in total. The van der Waals surface area contributed by atoms with Gasteiger partial charge in [-0.2, -0.15) is 11.8 Å². The molecular formula is C14H19BrN2S2. The Kier molecular flexibility index (Phi) is 4.79. The average molecular weight is 359 g/mol. The van der Waals surface area contributed by atoms with Crippen LogP contribution in [0.4, 0.5) is 5.69 Å². The summed E-state index contributed by atoms with van der Waals surface area (Å²) in [5.41, 5.74) is 7.81. The Morgan fingerprint density at radius 1 is 1.42 bits per heavy atom. The summed E-state index contributed by atoms with van der Waals surface area (Å²) in [6, 6.07) is 6.13. The number of benzene rings is 1. The van der Waals surface area contributed by atoms with E-state index in [9.17, 15) is 0 Å². The minimum atomic E-state index is 0.375. The van der Waals surface area contributed by atoms with Crippen LogP contribution in [-0.4, -0.2) is 28.6 Å². The van der Waals surface area contributed by atoms with Crippen LogP contribution in [0.1, 0.15) is 25.8 Å². The first kappa shape index (κ1) is 15.1. The van der Waals surface area contributed by atoms with Crippen LogP contribution < -0.4 is 10.6 Å². The van der Waals surface area contributed by atoms with Gasteiger partial charge in [-0.3, -0.25) is 0 Å². The molecule has 0 aliphatic carbocycles. The molecule has 0 saturated carbocycles. The molecule has 0 spiro atoms. The standard InChI is InChI=1S/C14H19BrN2S2/c1-14(2)5-6-17(7-8-19-14)12-4-3-10(13(16)18)9-11(12)15/h3-4,9H,5-8H2,1-2H3,(H2,16,18). The summed E-state index contributed by atoms with van der Waals surface area (Å²) >= 11 is 10.7. The molecule has 0 radical (unpaired) electrons. The van der Waals surface area contributed by atoms with Gasteiger partial charge in [0.05, 0.1) is 5.69 Å². The van der Waals surface area contributed by atoms with Crippen molar-refractivity contribution >= 4 is 50.6 Å². The van der Waals surface area contributed by atoms with E-state index in [-0.39, 0.29) is 0 Å². The van der Waals surface area contributed by atoms with E-state index >= 15 is 0 Å². The molecule has 1 aliphatic rings. The molecule has 0 unspecified atom stereocenters. The molecule has 0 atom stereocenters. The number of halogens is 1. The molecule has 2 rings (SSSR count). The molecule has 1 aromatic rings. The van der Waals surface area contributed by atoms with E-state index in [0.29, 0.717) is 9.74 Å². The Bertz CT molecular complexity index is 488. The fourth-order valence-electron chi connectivity index (χ4n) is 2.18. The molecule has 1 aliphatic heterocycles. The van der Waals surface area contributed by atoms with E-state index in [2.05, 4.69) is 52.5 Å². The summed E-state index contributed by atoms with van der Waals surface area (Å²) < 4.78 is 1.45. The van der Waals surface area contributed by atoms with Crippen molar-refractivity contribution in [2.75, 3.05) is 23.7 Å². The molecule has 0 amide bonds. The number of anilines is 1. The quantitative estimate of drug-likeness (QED) is 0.814. The molecule has 1 fully saturated rings. The number of nitrogens with two attached hydrogens (primary N) is 1. The Morgan fingerprint density at radius 3 is 2.79 bits per heavy atom. The first-order valence-electron chi connectivity index (χ1n) is 6.37. The van der Waals surface area contributed by atoms with Gasteiger partial charge in [0.25, 0.3) is 0 Å². The maximum Gasteiger partial charge on any atom is 0.104 e. The summed E-state index contributed by atoms with van der Waals surface area (Å²) in [6.45, 7) is 6.82. The van der Waals surface area contributed by atoms with Gasteiger partial charge in [0, 0.05) is 33.6 Å². The molecule has 0 bridgehead atoms. The number of thioether (sulfide) groups is 1. The summed E-state index contributed by atoms with van der Waals surface area (Å²) in [7, 11) is 0. The SMILES string of the molecule is CC1(C)CCN(c2ccc(C(N)=S)cc2Br)CCS1. The molecule has 1 heterocycles. The second kappa shape index (κ2) is 6.02. The van der Waals surface area contributed by atoms with E-state index < -0.39 is 0 Å². The van der Waals surface area contributed by atoms with Gasteiger partial charge < -0.3 is 10.6 Å². The second-order valence-electron chi connectivity index (χ2n) is 5.38. The zero-order valence-electron chi connectivity index (χ0n) is 11.3. The van der Waals surface area contributed by atoms with Gasteiger partial charge in [0.15, 0.2) is 0 Å². The summed E-state index contributed by atoms with van der Waals surface area (Å²) in [4.78, 5) is 2.88. The van der Waals surface area contributed by atoms with Crippen LogP contribution in [0.3, 0.4) is 0 Å². The highest BCUT2D eigenvalue weighted by atomic mass is 79.9. The maximum absolute atomic E-state index is 5.67. The summed E-state index contributed by atoms with van der Waals surface area (Å²) in [5.74, 6) is 1.16. The normalized spacial score (nSPS) is 19.0. The molecule has 2 nitrogen and oxygen atoms in total. The van der Waals surface area contributed by atoms with Crippen molar-refractivity contribution < 1.29 is 0 Å². The van der Waals surface area contributed by atoms with Gasteiger partial charge in [0.2, 0.25) is 0 Å². The third-order valence-electron chi connectivity index (χ3n) is 3.41. The first-order chi connectivity index (χ1) is 8.89. The Balaban J connectivity index is 2.20. The molecule has 19 heavy (non-hydrogen) atoms. The van der Waals surface area contributed by atoms with E-state index in [0.717, 1.165) is 28.9 Å². The highest BCUT2D eigenvalue weighted by Gasteiger charge is 2.24. The number of thiocarbonyl (C=S) groups is 1. The fourth-order valence-corrected chi connectivity index (χ4v) is 4.03. The predicted octanol–water partition coefficient (Wildman–Crippen LogP) is 3.81. The van der Waals surface area contributed by atoms with E-state index in [4.69, 9.17) is 18.0 Å². The Hall–Kier alpha value is -0.260. The topological polar surface area (TPSA) is 29.3 Å². The lowest BCUT2D eigenvalue weighted by atomic mass is 10.1. The van der Waals surface area contributed by atoms with Crippen molar-refractivity contribution in [2.45, 2.75) is 25.0 Å². The zero-order valence-corrected chi connectivity index (χ0v) is 14.5. The van der Waals surface area contributed by atoms with Crippen LogP contribution in [0.5, 0.6) is 0 Å². The summed E-state index contributed by atoms with van der Waals surface area (Å²) in [5, 5.41) is 0. The molecule has 1 saturated heterocycles. The third-order valence-corrected chi connectivity index (χ3v) is 5.65. The number of hydrogen-bond acceptors (Lipinski definition) is 3. The van der Waals surface area contributed by atoms with Crippen molar-refractivity contribution in [2.24, 2.45) is 5.73 Å². The fraction of sp³-hybridized carbons (Fsp3) is 0.500. The van der Waals surface area contributed by atoms with E-state index in [1.165, 1.54) is 12.1 Å². The molecular weight excluding hydrogens is 340 g/mol. The van der Waals surface area contributed by atoms with Crippen LogP contribution in [0, 0.1) is 0 Å². The van der Waals surface area contributed by atoms with Crippen LogP contribution in [0.15, 0.2) is 22.7 Å². The van der Waals surface area contributed by atoms with Gasteiger partial charge in [-0.1, -0.05) is 26.1 Å². The second-order valence-corrected chi connectivity index (χ2v) is 8.47. The minimum Gasteiger partial charge on any atom is -0.389 e. The average Bonchev–Trinajstić information content (AvgIpc) is 2.50. The first-order valence-corrected chi connectivity index (χ1v) is 8.56. The number of nitrogens with zero attached hydrogens (tertiary/aromatic N) is 1. The highest BCUT2D eigenvalue weighted by Crippen LogP contribution is 2.34. The van der Waals surface area contributed by atoms with Gasteiger partial charge in [0.1, 0.15) is 4.99 Å². The van der Waals surface area contributed by atoms with Crippen LogP contribution in [0.2, 0.25) is 0 Å². The van der Waals surface area contributed by atoms with Crippen LogP contribution >= 0.6 is 39.9 Å². The van der Waals surface area contributed by atoms with Crippen molar-refractivity contribution in [3.05, 3.63) is 28.2 Å². The van der Waals surface area contributed by atoms with Gasteiger partial charge >= 0.3 is 0 Å². The number of hydrogen-bond donors (Lipinski definition) is 1. The molecule has 0 aromatic heterocycles. The molecule has 5 heteroatoms. The van der Waals surface area contributed by atoms with Gasteiger partial charge in [-0.05, 0) is 40.5 Å². The van der Waals surface area contributed by atoms with Crippen LogP contribution in [0.25, 0.3) is 0 Å². The van der Waals surface area contributed by atoms with Gasteiger partial charge in [-0.25, -0.2) is 0 Å². The Labute approximate surface area is 133 Å². The minimum absolute atomic E-state index is 0.375. The molecule has 104 valence electrons.